The molecule has 0 bridgehead atoms. The molecule has 0 fully saturated rings. The van der Waals surface area contributed by atoms with Gasteiger partial charge in [-0.25, -0.2) is 13.4 Å². The maximum absolute atomic E-state index is 12.0. The molecule has 2 heterocycles. The second kappa shape index (κ2) is 4.69. The number of aromatic amines is 1. The molecule has 0 aliphatic rings. The zero-order valence-electron chi connectivity index (χ0n) is 10.3. The molecule has 2 rings (SSSR count). The van der Waals surface area contributed by atoms with Crippen LogP contribution in [-0.4, -0.2) is 23.6 Å². The van der Waals surface area contributed by atoms with E-state index >= 15 is 0 Å². The first-order valence-corrected chi connectivity index (χ1v) is 7.69. The lowest BCUT2D eigenvalue weighted by Crippen LogP contribution is -2.11. The van der Waals surface area contributed by atoms with E-state index in [0.29, 0.717) is 10.8 Å². The van der Waals surface area contributed by atoms with Gasteiger partial charge in [-0.2, -0.15) is 5.10 Å². The number of hydrogen-bond donors (Lipinski definition) is 2. The highest BCUT2D eigenvalue weighted by molar-refractivity contribution is 7.94. The van der Waals surface area contributed by atoms with Crippen LogP contribution >= 0.6 is 11.3 Å². The van der Waals surface area contributed by atoms with Crippen molar-refractivity contribution in [1.82, 2.24) is 15.2 Å². The molecule has 2 N–H and O–H groups in total. The Labute approximate surface area is 110 Å². The minimum atomic E-state index is -3.58. The SMILES string of the molecule is Cc1ncc(S(=O)(=O)Nc2cc(C(C)C)[nH]n2)s1. The number of sulfonamides is 1. The van der Waals surface area contributed by atoms with Gasteiger partial charge in [-0.3, -0.25) is 9.82 Å². The molecule has 2 aromatic rings. The number of H-pyrrole nitrogens is 1. The Morgan fingerprint density at radius 1 is 1.44 bits per heavy atom. The van der Waals surface area contributed by atoms with Gasteiger partial charge >= 0.3 is 0 Å². The fourth-order valence-electron chi connectivity index (χ4n) is 1.34. The molecule has 0 aliphatic carbocycles. The minimum absolute atomic E-state index is 0.189. The molecular formula is C10H14N4O2S2. The van der Waals surface area contributed by atoms with Gasteiger partial charge in [0.1, 0.15) is 0 Å². The Balaban J connectivity index is 2.22. The van der Waals surface area contributed by atoms with Gasteiger partial charge in [-0.15, -0.1) is 11.3 Å². The van der Waals surface area contributed by atoms with E-state index < -0.39 is 10.0 Å². The Morgan fingerprint density at radius 2 is 2.17 bits per heavy atom. The largest absolute Gasteiger partial charge is 0.280 e. The number of nitrogens with one attached hydrogen (secondary N) is 2. The van der Waals surface area contributed by atoms with E-state index in [-0.39, 0.29) is 10.1 Å². The topological polar surface area (TPSA) is 87.7 Å². The molecule has 6 nitrogen and oxygen atoms in total. The van der Waals surface area contributed by atoms with Gasteiger partial charge in [0.05, 0.1) is 11.2 Å². The third kappa shape index (κ3) is 2.70. The van der Waals surface area contributed by atoms with Gasteiger partial charge in [0.2, 0.25) is 0 Å². The van der Waals surface area contributed by atoms with E-state index in [1.165, 1.54) is 6.20 Å². The summed E-state index contributed by atoms with van der Waals surface area (Å²) in [5.74, 6) is 0.561. The summed E-state index contributed by atoms with van der Waals surface area (Å²) in [6, 6.07) is 1.69. The second-order valence-corrected chi connectivity index (χ2v) is 7.31. The number of hydrogen-bond acceptors (Lipinski definition) is 5. The molecule has 0 spiro atoms. The van der Waals surface area contributed by atoms with Crippen LogP contribution in [0, 0.1) is 6.92 Å². The van der Waals surface area contributed by atoms with Crippen LogP contribution in [0.1, 0.15) is 30.5 Å². The summed E-state index contributed by atoms with van der Waals surface area (Å²) in [6.45, 7) is 5.76. The van der Waals surface area contributed by atoms with E-state index in [4.69, 9.17) is 0 Å². The van der Waals surface area contributed by atoms with Crippen LogP contribution in [0.4, 0.5) is 5.82 Å². The average Bonchev–Trinajstić information content (AvgIpc) is 2.86. The molecule has 0 saturated heterocycles. The molecule has 8 heteroatoms. The second-order valence-electron chi connectivity index (χ2n) is 4.17. The number of anilines is 1. The van der Waals surface area contributed by atoms with E-state index in [0.717, 1.165) is 17.0 Å². The molecule has 0 radical (unpaired) electrons. The van der Waals surface area contributed by atoms with Crippen LogP contribution in [0.25, 0.3) is 0 Å². The van der Waals surface area contributed by atoms with Crippen molar-refractivity contribution in [1.29, 1.82) is 0 Å². The summed E-state index contributed by atoms with van der Waals surface area (Å²) in [4.78, 5) is 3.93. The molecule has 0 unspecified atom stereocenters. The van der Waals surface area contributed by atoms with Crippen LogP contribution in [0.3, 0.4) is 0 Å². The molecule has 0 atom stereocenters. The van der Waals surface area contributed by atoms with E-state index in [1.54, 1.807) is 13.0 Å². The molecule has 18 heavy (non-hydrogen) atoms. The van der Waals surface area contributed by atoms with Crippen LogP contribution in [0.5, 0.6) is 0 Å². The van der Waals surface area contributed by atoms with Crippen molar-refractivity contribution in [3.8, 4) is 0 Å². The van der Waals surface area contributed by atoms with E-state index in [9.17, 15) is 8.42 Å². The van der Waals surface area contributed by atoms with Crippen molar-refractivity contribution < 1.29 is 8.42 Å². The summed E-state index contributed by atoms with van der Waals surface area (Å²) < 4.78 is 26.6. The van der Waals surface area contributed by atoms with Gasteiger partial charge in [0, 0.05) is 11.8 Å². The van der Waals surface area contributed by atoms with Gasteiger partial charge in [0.25, 0.3) is 10.0 Å². The van der Waals surface area contributed by atoms with Gasteiger partial charge in [0.15, 0.2) is 10.0 Å². The van der Waals surface area contributed by atoms with Gasteiger partial charge in [-0.1, -0.05) is 13.8 Å². The molecule has 0 saturated carbocycles. The first-order chi connectivity index (χ1) is 8.38. The summed E-state index contributed by atoms with van der Waals surface area (Å²) in [6.07, 6.45) is 1.35. The lowest BCUT2D eigenvalue weighted by atomic mass is 10.1. The predicted octanol–water partition coefficient (Wildman–Crippen LogP) is 2.10. The van der Waals surface area contributed by atoms with Crippen molar-refractivity contribution in [2.24, 2.45) is 0 Å². The first-order valence-electron chi connectivity index (χ1n) is 5.39. The third-order valence-electron chi connectivity index (χ3n) is 2.32. The van der Waals surface area contributed by atoms with Crippen molar-refractivity contribution >= 4 is 27.2 Å². The highest BCUT2D eigenvalue weighted by Gasteiger charge is 2.18. The Hall–Kier alpha value is -1.41. The molecular weight excluding hydrogens is 272 g/mol. The zero-order chi connectivity index (χ0) is 13.3. The van der Waals surface area contributed by atoms with E-state index in [2.05, 4.69) is 19.9 Å². The van der Waals surface area contributed by atoms with Gasteiger partial charge < -0.3 is 0 Å². The normalized spacial score (nSPS) is 12.0. The Bertz CT molecular complexity index is 642. The van der Waals surface area contributed by atoms with Crippen molar-refractivity contribution in [2.75, 3.05) is 4.72 Å². The predicted molar refractivity (Wildman–Crippen MR) is 70.3 cm³/mol. The van der Waals surface area contributed by atoms with Crippen molar-refractivity contribution in [3.63, 3.8) is 0 Å². The summed E-state index contributed by atoms with van der Waals surface area (Å²) >= 11 is 1.13. The maximum atomic E-state index is 12.0. The highest BCUT2D eigenvalue weighted by atomic mass is 32.2. The Morgan fingerprint density at radius 3 is 2.67 bits per heavy atom. The highest BCUT2D eigenvalue weighted by Crippen LogP contribution is 2.22. The van der Waals surface area contributed by atoms with Crippen molar-refractivity contribution in [3.05, 3.63) is 23.0 Å². The fraction of sp³-hybridized carbons (Fsp3) is 0.400. The van der Waals surface area contributed by atoms with Crippen molar-refractivity contribution in [2.45, 2.75) is 30.9 Å². The lowest BCUT2D eigenvalue weighted by molar-refractivity contribution is 0.602. The summed E-state index contributed by atoms with van der Waals surface area (Å²) in [7, 11) is -3.58. The number of aryl methyl sites for hydroxylation is 1. The average molecular weight is 286 g/mol. The summed E-state index contributed by atoms with van der Waals surface area (Å²) in [5.41, 5.74) is 0.883. The number of thiazole rings is 1. The number of aromatic nitrogens is 3. The molecule has 0 amide bonds. The standard InChI is InChI=1S/C10H14N4O2S2/c1-6(2)8-4-9(13-12-8)14-18(15,16)10-5-11-7(3)17-10/h4-6H,1-3H3,(H2,12,13,14). The molecule has 2 aromatic heterocycles. The molecule has 98 valence electrons. The first kappa shape index (κ1) is 13.0. The van der Waals surface area contributed by atoms with Gasteiger partial charge in [-0.05, 0) is 12.8 Å². The minimum Gasteiger partial charge on any atom is -0.280 e. The smallest absolute Gasteiger partial charge is 0.274 e. The zero-order valence-corrected chi connectivity index (χ0v) is 11.9. The quantitative estimate of drug-likeness (QED) is 0.901. The number of rotatable bonds is 4. The van der Waals surface area contributed by atoms with Crippen LogP contribution in [0.15, 0.2) is 16.5 Å². The number of nitrogens with zero attached hydrogens (tertiary/aromatic N) is 2. The fourth-order valence-corrected chi connectivity index (χ4v) is 3.44. The van der Waals surface area contributed by atoms with Crippen LogP contribution in [0.2, 0.25) is 0 Å². The molecule has 0 aliphatic heterocycles. The Kier molecular flexibility index (Phi) is 3.40. The lowest BCUT2D eigenvalue weighted by Gasteiger charge is -2.01. The monoisotopic (exact) mass is 286 g/mol. The molecule has 0 aromatic carbocycles. The van der Waals surface area contributed by atoms with Crippen LogP contribution < -0.4 is 4.72 Å². The maximum Gasteiger partial charge on any atom is 0.274 e. The summed E-state index contributed by atoms with van der Waals surface area (Å²) in [5, 5.41) is 7.43. The van der Waals surface area contributed by atoms with Crippen LogP contribution in [-0.2, 0) is 10.0 Å². The van der Waals surface area contributed by atoms with E-state index in [1.807, 2.05) is 13.8 Å². The third-order valence-corrected chi connectivity index (χ3v) is 5.05.